The van der Waals surface area contributed by atoms with Crippen molar-refractivity contribution in [1.29, 1.82) is 0 Å². The molecule has 2 aliphatic rings. The number of carboxylic acids is 2. The van der Waals surface area contributed by atoms with Crippen molar-refractivity contribution < 1.29 is 38.7 Å². The van der Waals surface area contributed by atoms with Crippen LogP contribution >= 0.6 is 0 Å². The largest absolute Gasteiger partial charge is 0.494 e. The molecule has 0 radical (unpaired) electrons. The number of carbonyl (C=O) groups is 2. The highest BCUT2D eigenvalue weighted by atomic mass is 16.6. The number of carboxylic acid groups (broad SMARTS) is 2. The summed E-state index contributed by atoms with van der Waals surface area (Å²) < 4.78 is 23.2. The molecule has 54 heavy (non-hydrogen) atoms. The molecule has 8 nitrogen and oxygen atoms in total. The van der Waals surface area contributed by atoms with E-state index in [1.54, 1.807) is 0 Å². The summed E-state index contributed by atoms with van der Waals surface area (Å²) in [7, 11) is 0. The fraction of sp³-hybridized carbons (Fsp3) is 0.696. The van der Waals surface area contributed by atoms with Crippen molar-refractivity contribution in [2.45, 2.75) is 168 Å². The second-order valence-corrected chi connectivity index (χ2v) is 16.2. The van der Waals surface area contributed by atoms with Gasteiger partial charge in [0.05, 0.1) is 26.4 Å². The summed E-state index contributed by atoms with van der Waals surface area (Å²) in [4.78, 5) is 24.2. The summed E-state index contributed by atoms with van der Waals surface area (Å²) in [5, 5.41) is 19.7. The molecule has 2 fully saturated rings. The van der Waals surface area contributed by atoms with Crippen LogP contribution in [0.5, 0.6) is 11.5 Å². The van der Waals surface area contributed by atoms with Gasteiger partial charge in [-0.05, 0) is 84.7 Å². The van der Waals surface area contributed by atoms with E-state index >= 15 is 0 Å². The Bertz CT molecular complexity index is 1190. The topological polar surface area (TPSA) is 112 Å². The average molecular weight is 751 g/mol. The van der Waals surface area contributed by atoms with Gasteiger partial charge in [-0.2, -0.15) is 0 Å². The summed E-state index contributed by atoms with van der Waals surface area (Å²) in [6.07, 6.45) is 22.9. The molecule has 4 rings (SSSR count). The third-order valence-corrected chi connectivity index (χ3v) is 11.9. The van der Waals surface area contributed by atoms with Crippen LogP contribution in [0.1, 0.15) is 153 Å². The van der Waals surface area contributed by atoms with E-state index in [0.717, 1.165) is 48.0 Å². The van der Waals surface area contributed by atoms with E-state index in [0.29, 0.717) is 24.3 Å². The molecule has 8 heteroatoms. The normalized spacial score (nSPS) is 21.3. The molecule has 302 valence electrons. The molecule has 2 aromatic rings. The van der Waals surface area contributed by atoms with Crippen LogP contribution < -0.4 is 9.47 Å². The van der Waals surface area contributed by atoms with Crippen LogP contribution in [0, 0.1) is 23.7 Å². The third-order valence-electron chi connectivity index (χ3n) is 11.9. The second-order valence-electron chi connectivity index (χ2n) is 16.2. The van der Waals surface area contributed by atoms with E-state index in [2.05, 4.69) is 13.8 Å². The van der Waals surface area contributed by atoms with Gasteiger partial charge in [-0.1, -0.05) is 141 Å². The Labute approximate surface area is 325 Å². The van der Waals surface area contributed by atoms with Gasteiger partial charge in [0.15, 0.2) is 12.2 Å². The van der Waals surface area contributed by atoms with Crippen molar-refractivity contribution in [3.63, 3.8) is 0 Å². The van der Waals surface area contributed by atoms with Crippen LogP contribution in [-0.4, -0.2) is 47.6 Å². The minimum absolute atomic E-state index is 0.0716. The first-order valence-corrected chi connectivity index (χ1v) is 21.5. The first-order chi connectivity index (χ1) is 26.3. The first-order valence-electron chi connectivity index (χ1n) is 21.5. The Balaban J connectivity index is 1.11. The predicted molar refractivity (Wildman–Crippen MR) is 214 cm³/mol. The van der Waals surface area contributed by atoms with Crippen LogP contribution in [0.3, 0.4) is 0 Å². The summed E-state index contributed by atoms with van der Waals surface area (Å²) in [6.45, 7) is 5.73. The van der Waals surface area contributed by atoms with Gasteiger partial charge in [0.1, 0.15) is 11.5 Å². The molecule has 2 aromatic carbocycles. The minimum Gasteiger partial charge on any atom is -0.494 e. The highest BCUT2D eigenvalue weighted by Gasteiger charge is 2.36. The number of aliphatic carboxylic acids is 2. The molecule has 0 saturated heterocycles. The molecular weight excluding hydrogens is 680 g/mol. The number of hydrogen-bond acceptors (Lipinski definition) is 6. The maximum absolute atomic E-state index is 12.1. The SMILES string of the molecule is CCCCC[C@H]1CC[C@H](CCCOc2ccc(CO[C@@H](C(=O)O)[C@@H](OCc3ccc(OCCC[C@H]4CC[C@H](CCCCC)CC4)cc3)C(=O)O)cc2)CC1. The van der Waals surface area contributed by atoms with Crippen molar-refractivity contribution in [1.82, 2.24) is 0 Å². The lowest BCUT2D eigenvalue weighted by molar-refractivity contribution is -0.179. The maximum Gasteiger partial charge on any atom is 0.336 e. The number of benzene rings is 2. The molecule has 2 aliphatic carbocycles. The lowest BCUT2D eigenvalue weighted by atomic mass is 9.78. The van der Waals surface area contributed by atoms with Crippen LogP contribution in [0.2, 0.25) is 0 Å². The van der Waals surface area contributed by atoms with Gasteiger partial charge in [-0.25, -0.2) is 9.59 Å². The standard InChI is InChI=1S/C46H70O8/c1-3-5-7-11-35-15-19-37(20-16-35)13-9-31-51-41-27-23-39(24-28-41)33-53-43(45(47)48)44(46(49)50)54-34-40-25-29-42(30-26-40)52-32-10-14-38-21-17-36(18-22-38)12-8-6-4-2/h23-30,35-38,43-44H,3-22,31-34H2,1-2H3,(H,47,48)(H,49,50)/t35-,36-,37-,38-,43-,44-/m1/s1. The molecule has 0 aromatic heterocycles. The summed E-state index contributed by atoms with van der Waals surface area (Å²) in [5.41, 5.74) is 1.43. The number of unbranched alkanes of at least 4 members (excludes halogenated alkanes) is 4. The summed E-state index contributed by atoms with van der Waals surface area (Å²) >= 11 is 0. The van der Waals surface area contributed by atoms with E-state index in [4.69, 9.17) is 18.9 Å². The van der Waals surface area contributed by atoms with E-state index in [1.165, 1.54) is 116 Å². The lowest BCUT2D eigenvalue weighted by Gasteiger charge is -2.28. The van der Waals surface area contributed by atoms with Crippen LogP contribution in [-0.2, 0) is 32.3 Å². The minimum atomic E-state index is -1.68. The van der Waals surface area contributed by atoms with Crippen molar-refractivity contribution in [2.75, 3.05) is 13.2 Å². The Kier molecular flexibility index (Phi) is 20.3. The lowest BCUT2D eigenvalue weighted by Crippen LogP contribution is -2.43. The van der Waals surface area contributed by atoms with Gasteiger partial charge < -0.3 is 29.2 Å². The Hall–Kier alpha value is -3.10. The Morgan fingerprint density at radius 2 is 0.833 bits per heavy atom. The smallest absolute Gasteiger partial charge is 0.336 e. The van der Waals surface area contributed by atoms with Crippen molar-refractivity contribution in [2.24, 2.45) is 23.7 Å². The molecule has 0 unspecified atom stereocenters. The van der Waals surface area contributed by atoms with Crippen molar-refractivity contribution in [3.05, 3.63) is 59.7 Å². The van der Waals surface area contributed by atoms with Crippen LogP contribution in [0.4, 0.5) is 0 Å². The quantitative estimate of drug-likeness (QED) is 0.0868. The first kappa shape index (κ1) is 43.6. The summed E-state index contributed by atoms with van der Waals surface area (Å²) in [5.74, 6) is 2.21. The molecule has 0 bridgehead atoms. The molecule has 2 saturated carbocycles. The van der Waals surface area contributed by atoms with E-state index < -0.39 is 24.1 Å². The monoisotopic (exact) mass is 751 g/mol. The molecule has 2 atom stereocenters. The highest BCUT2D eigenvalue weighted by Crippen LogP contribution is 2.35. The van der Waals surface area contributed by atoms with Crippen LogP contribution in [0.25, 0.3) is 0 Å². The van der Waals surface area contributed by atoms with Gasteiger partial charge in [-0.3, -0.25) is 0 Å². The molecule has 0 aliphatic heterocycles. The van der Waals surface area contributed by atoms with E-state index in [-0.39, 0.29) is 13.2 Å². The predicted octanol–water partition coefficient (Wildman–Crippen LogP) is 11.4. The molecule has 0 heterocycles. The Morgan fingerprint density at radius 1 is 0.519 bits per heavy atom. The zero-order chi connectivity index (χ0) is 38.4. The van der Waals surface area contributed by atoms with E-state index in [1.807, 2.05) is 48.5 Å². The zero-order valence-electron chi connectivity index (χ0n) is 33.4. The maximum atomic E-state index is 12.1. The van der Waals surface area contributed by atoms with Gasteiger partial charge >= 0.3 is 11.9 Å². The van der Waals surface area contributed by atoms with Gasteiger partial charge in [0.25, 0.3) is 0 Å². The van der Waals surface area contributed by atoms with E-state index in [9.17, 15) is 19.8 Å². The molecule has 0 spiro atoms. The highest BCUT2D eigenvalue weighted by molar-refractivity contribution is 5.83. The molecule has 2 N–H and O–H groups in total. The average Bonchev–Trinajstić information content (AvgIpc) is 3.18. The third kappa shape index (κ3) is 16.3. The fourth-order valence-corrected chi connectivity index (χ4v) is 8.42. The number of rotatable bonds is 27. The number of ether oxygens (including phenoxy) is 4. The molecular formula is C46H70O8. The van der Waals surface area contributed by atoms with Gasteiger partial charge in [0, 0.05) is 0 Å². The van der Waals surface area contributed by atoms with Crippen molar-refractivity contribution in [3.8, 4) is 11.5 Å². The molecule has 0 amide bonds. The number of hydrogen-bond donors (Lipinski definition) is 2. The van der Waals surface area contributed by atoms with Gasteiger partial charge in [0.2, 0.25) is 0 Å². The van der Waals surface area contributed by atoms with Gasteiger partial charge in [-0.15, -0.1) is 0 Å². The van der Waals surface area contributed by atoms with Crippen molar-refractivity contribution >= 4 is 11.9 Å². The summed E-state index contributed by atoms with van der Waals surface area (Å²) in [6, 6.07) is 14.6. The fourth-order valence-electron chi connectivity index (χ4n) is 8.42. The Morgan fingerprint density at radius 3 is 1.13 bits per heavy atom. The second kappa shape index (κ2) is 25.1. The van der Waals surface area contributed by atoms with Crippen LogP contribution in [0.15, 0.2) is 48.5 Å². The zero-order valence-corrected chi connectivity index (χ0v) is 33.4.